The monoisotopic (exact) mass is 520 g/mol. The maximum atomic E-state index is 13.0. The van der Waals surface area contributed by atoms with Crippen LogP contribution in [-0.4, -0.2) is 62.7 Å². The van der Waals surface area contributed by atoms with Crippen LogP contribution in [0, 0.1) is 0 Å². The molecule has 0 aliphatic carbocycles. The van der Waals surface area contributed by atoms with Gasteiger partial charge in [0.15, 0.2) is 0 Å². The molecule has 10 nitrogen and oxygen atoms in total. The first-order valence-corrected chi connectivity index (χ1v) is 13.0. The van der Waals surface area contributed by atoms with Crippen LogP contribution in [0.4, 0.5) is 0 Å². The lowest BCUT2D eigenvalue weighted by Gasteiger charge is -2.35. The number of ether oxygens (including phenoxy) is 1. The number of carbonyl (C=O) groups excluding carboxylic acids is 2. The molecule has 2 atom stereocenters. The molecule has 1 aromatic heterocycles. The van der Waals surface area contributed by atoms with E-state index in [1.807, 2.05) is 53.4 Å². The molecule has 38 heavy (non-hydrogen) atoms. The Balaban J connectivity index is 1.26. The molecule has 5 rings (SSSR count). The molecule has 10 heteroatoms. The van der Waals surface area contributed by atoms with Gasteiger partial charge in [0.25, 0.3) is 0 Å². The SMILES string of the molecule is Cn1c(=O)n(C2CCC(=O)NC2=O)c2ccc(C3CCN(C(COCc4ccccc4)C(=O)O)CC3)cc21. The highest BCUT2D eigenvalue weighted by molar-refractivity contribution is 6.00. The third-order valence-corrected chi connectivity index (χ3v) is 7.75. The Morgan fingerprint density at radius 3 is 2.47 bits per heavy atom. The highest BCUT2D eigenvalue weighted by atomic mass is 16.5. The van der Waals surface area contributed by atoms with Gasteiger partial charge in [-0.3, -0.25) is 33.7 Å². The fourth-order valence-electron chi connectivity index (χ4n) is 5.60. The number of carboxylic acid groups (broad SMARTS) is 1. The number of carbonyl (C=O) groups is 3. The summed E-state index contributed by atoms with van der Waals surface area (Å²) >= 11 is 0. The van der Waals surface area contributed by atoms with Crippen molar-refractivity contribution in [3.05, 3.63) is 70.1 Å². The summed E-state index contributed by atoms with van der Waals surface area (Å²) in [7, 11) is 1.69. The Hall–Kier alpha value is -3.76. The Morgan fingerprint density at radius 2 is 1.79 bits per heavy atom. The van der Waals surface area contributed by atoms with Gasteiger partial charge in [0.1, 0.15) is 12.1 Å². The minimum atomic E-state index is -0.886. The predicted molar refractivity (Wildman–Crippen MR) is 140 cm³/mol. The molecule has 2 aliphatic rings. The average Bonchev–Trinajstić information content (AvgIpc) is 3.16. The number of hydrogen-bond acceptors (Lipinski definition) is 6. The van der Waals surface area contributed by atoms with E-state index in [2.05, 4.69) is 5.32 Å². The number of carboxylic acids is 1. The predicted octanol–water partition coefficient (Wildman–Crippen LogP) is 2.17. The van der Waals surface area contributed by atoms with E-state index in [-0.39, 0.29) is 30.5 Å². The maximum Gasteiger partial charge on any atom is 0.329 e. The number of piperidine rings is 2. The molecule has 3 aromatic rings. The van der Waals surface area contributed by atoms with Crippen molar-refractivity contribution < 1.29 is 24.2 Å². The fourth-order valence-corrected chi connectivity index (χ4v) is 5.60. The molecule has 2 amide bonds. The van der Waals surface area contributed by atoms with Crippen molar-refractivity contribution in [2.45, 2.75) is 50.3 Å². The van der Waals surface area contributed by atoms with Crippen molar-refractivity contribution in [1.29, 1.82) is 0 Å². The Morgan fingerprint density at radius 1 is 1.05 bits per heavy atom. The molecule has 2 aliphatic heterocycles. The second kappa shape index (κ2) is 10.9. The summed E-state index contributed by atoms with van der Waals surface area (Å²) in [5, 5.41) is 12.2. The van der Waals surface area contributed by atoms with Crippen LogP contribution in [0.2, 0.25) is 0 Å². The van der Waals surface area contributed by atoms with Crippen LogP contribution in [0.3, 0.4) is 0 Å². The molecule has 2 fully saturated rings. The highest BCUT2D eigenvalue weighted by Crippen LogP contribution is 2.32. The van der Waals surface area contributed by atoms with Gasteiger partial charge < -0.3 is 9.84 Å². The van der Waals surface area contributed by atoms with Gasteiger partial charge in [-0.1, -0.05) is 36.4 Å². The van der Waals surface area contributed by atoms with Gasteiger partial charge in [-0.15, -0.1) is 0 Å². The Bertz CT molecular complexity index is 1400. The number of aromatic nitrogens is 2. The number of nitrogens with zero attached hydrogens (tertiary/aromatic N) is 3. The van der Waals surface area contributed by atoms with Crippen LogP contribution in [0.1, 0.15) is 48.8 Å². The van der Waals surface area contributed by atoms with E-state index in [9.17, 15) is 24.3 Å². The van der Waals surface area contributed by atoms with Crippen molar-refractivity contribution >= 4 is 28.8 Å². The summed E-state index contributed by atoms with van der Waals surface area (Å²) in [6.07, 6.45) is 2.07. The van der Waals surface area contributed by atoms with Gasteiger partial charge >= 0.3 is 11.7 Å². The number of benzene rings is 2. The first-order chi connectivity index (χ1) is 18.3. The minimum absolute atomic E-state index is 0.122. The summed E-state index contributed by atoms with van der Waals surface area (Å²) in [4.78, 5) is 51.0. The van der Waals surface area contributed by atoms with Crippen molar-refractivity contribution in [3.8, 4) is 0 Å². The minimum Gasteiger partial charge on any atom is -0.480 e. The molecule has 3 heterocycles. The maximum absolute atomic E-state index is 13.0. The molecule has 2 saturated heterocycles. The second-order valence-corrected chi connectivity index (χ2v) is 10.1. The van der Waals surface area contributed by atoms with Crippen LogP contribution < -0.4 is 11.0 Å². The van der Waals surface area contributed by atoms with Crippen LogP contribution in [0.15, 0.2) is 53.3 Å². The topological polar surface area (TPSA) is 123 Å². The summed E-state index contributed by atoms with van der Waals surface area (Å²) in [6.45, 7) is 1.75. The molecular formula is C28H32N4O6. The lowest BCUT2D eigenvalue weighted by molar-refractivity contribution is -0.146. The van der Waals surface area contributed by atoms with Crippen LogP contribution in [0.25, 0.3) is 11.0 Å². The van der Waals surface area contributed by atoms with Gasteiger partial charge in [0, 0.05) is 13.5 Å². The number of rotatable bonds is 8. The molecule has 0 radical (unpaired) electrons. The number of nitrogens with one attached hydrogen (secondary N) is 1. The molecule has 2 N–H and O–H groups in total. The van der Waals surface area contributed by atoms with Crippen LogP contribution in [0.5, 0.6) is 0 Å². The number of amides is 2. The average molecular weight is 521 g/mol. The van der Waals surface area contributed by atoms with E-state index in [4.69, 9.17) is 4.74 Å². The molecule has 2 aromatic carbocycles. The second-order valence-electron chi connectivity index (χ2n) is 10.1. The van der Waals surface area contributed by atoms with Crippen molar-refractivity contribution in [1.82, 2.24) is 19.4 Å². The molecule has 0 saturated carbocycles. The van der Waals surface area contributed by atoms with Gasteiger partial charge in [0.2, 0.25) is 11.8 Å². The fraction of sp³-hybridized carbons (Fsp3) is 0.429. The van der Waals surface area contributed by atoms with E-state index < -0.39 is 24.0 Å². The van der Waals surface area contributed by atoms with E-state index in [0.29, 0.717) is 31.6 Å². The molecule has 0 spiro atoms. The third kappa shape index (κ3) is 5.14. The molecule has 0 bridgehead atoms. The number of fused-ring (bicyclic) bond motifs is 1. The number of hydrogen-bond donors (Lipinski definition) is 2. The lowest BCUT2D eigenvalue weighted by Crippen LogP contribution is -2.47. The van der Waals surface area contributed by atoms with Gasteiger partial charge in [-0.2, -0.15) is 0 Å². The number of imide groups is 1. The highest BCUT2D eigenvalue weighted by Gasteiger charge is 2.33. The summed E-state index contributed by atoms with van der Waals surface area (Å²) in [5.41, 5.74) is 3.19. The largest absolute Gasteiger partial charge is 0.480 e. The van der Waals surface area contributed by atoms with Crippen molar-refractivity contribution in [3.63, 3.8) is 0 Å². The Kier molecular flexibility index (Phi) is 7.44. The normalized spacial score (nSPS) is 20.0. The number of imidazole rings is 1. The number of likely N-dealkylation sites (tertiary alicyclic amines) is 1. The van der Waals surface area contributed by atoms with E-state index >= 15 is 0 Å². The molecule has 2 unspecified atom stereocenters. The number of aryl methyl sites for hydroxylation is 1. The van der Waals surface area contributed by atoms with Gasteiger partial charge in [0.05, 0.1) is 24.2 Å². The quantitative estimate of drug-likeness (QED) is 0.437. The van der Waals surface area contributed by atoms with Crippen molar-refractivity contribution in [2.75, 3.05) is 19.7 Å². The summed E-state index contributed by atoms with van der Waals surface area (Å²) in [6, 6.07) is 14.1. The van der Waals surface area contributed by atoms with Crippen molar-refractivity contribution in [2.24, 2.45) is 7.05 Å². The first kappa shape index (κ1) is 25.9. The van der Waals surface area contributed by atoms with Crippen LogP contribution in [-0.2, 0) is 32.8 Å². The molecule has 200 valence electrons. The zero-order valence-corrected chi connectivity index (χ0v) is 21.3. The van der Waals surface area contributed by atoms with Gasteiger partial charge in [-0.25, -0.2) is 4.79 Å². The first-order valence-electron chi connectivity index (χ1n) is 13.0. The standard InChI is InChI=1S/C28H32N4O6/c1-30-23-15-20(7-8-21(23)32(28(30)37)22-9-10-25(33)29-26(22)34)19-11-13-31(14-12-19)24(27(35)36)17-38-16-18-5-3-2-4-6-18/h2-8,15,19,22,24H,9-14,16-17H2,1H3,(H,35,36)(H,29,33,34). The lowest BCUT2D eigenvalue weighted by atomic mass is 9.88. The third-order valence-electron chi connectivity index (χ3n) is 7.75. The van der Waals surface area contributed by atoms with Gasteiger partial charge in [-0.05, 0) is 61.5 Å². The smallest absolute Gasteiger partial charge is 0.329 e. The van der Waals surface area contributed by atoms with Crippen LogP contribution >= 0.6 is 0 Å². The zero-order chi connectivity index (χ0) is 26.8. The zero-order valence-electron chi connectivity index (χ0n) is 21.3. The van der Waals surface area contributed by atoms with E-state index in [0.717, 1.165) is 29.5 Å². The Labute approximate surface area is 219 Å². The summed E-state index contributed by atoms with van der Waals surface area (Å²) < 4.78 is 8.77. The molecular weight excluding hydrogens is 488 g/mol. The van der Waals surface area contributed by atoms with E-state index in [1.54, 1.807) is 11.6 Å². The number of aliphatic carboxylic acids is 1. The summed E-state index contributed by atoms with van der Waals surface area (Å²) in [5.74, 6) is -1.43. The van der Waals surface area contributed by atoms with E-state index in [1.165, 1.54) is 4.57 Å².